The summed E-state index contributed by atoms with van der Waals surface area (Å²) in [6, 6.07) is 25.6. The Hall–Kier alpha value is -8.88. The lowest BCUT2D eigenvalue weighted by atomic mass is 9.96. The van der Waals surface area contributed by atoms with Gasteiger partial charge in [0.15, 0.2) is 78.0 Å². The fourth-order valence-electron chi connectivity index (χ4n) is 13.6. The van der Waals surface area contributed by atoms with Crippen molar-refractivity contribution in [1.82, 2.24) is 73.7 Å². The van der Waals surface area contributed by atoms with Crippen LogP contribution in [0, 0.1) is 6.57 Å². The molecule has 33 heteroatoms. The van der Waals surface area contributed by atoms with Crippen LogP contribution < -0.4 is 16.0 Å². The van der Waals surface area contributed by atoms with E-state index in [0.29, 0.717) is 113 Å². The summed E-state index contributed by atoms with van der Waals surface area (Å²) in [4.78, 5) is 97.0. The van der Waals surface area contributed by atoms with Crippen molar-refractivity contribution in [1.29, 1.82) is 0 Å². The van der Waals surface area contributed by atoms with E-state index < -0.39 is 68.2 Å². The van der Waals surface area contributed by atoms with Gasteiger partial charge in [-0.2, -0.15) is 15.2 Å². The van der Waals surface area contributed by atoms with E-state index in [4.69, 9.17) is 44.3 Å². The normalized spacial score (nSPS) is 27.4. The monoisotopic (exact) mass is 1350 g/mol. The predicted octanol–water partition coefficient (Wildman–Crippen LogP) is 5.99. The lowest BCUT2D eigenvalue weighted by molar-refractivity contribution is -0.234. The topological polar surface area (TPSA) is 346 Å². The minimum absolute atomic E-state index is 0.285. The summed E-state index contributed by atoms with van der Waals surface area (Å²) in [7, 11) is 3.56. The van der Waals surface area contributed by atoms with Gasteiger partial charge in [0.25, 0.3) is 17.7 Å². The highest BCUT2D eigenvalue weighted by Crippen LogP contribution is 2.55. The minimum Gasteiger partial charge on any atom is -0.388 e. The number of aliphatic hydroxyl groups is 2. The average molecular weight is 1350 g/mol. The molecule has 9 aromatic rings. The lowest BCUT2D eigenvalue weighted by Gasteiger charge is -2.35. The third kappa shape index (κ3) is 12.1. The van der Waals surface area contributed by atoms with Crippen molar-refractivity contribution in [3.05, 3.63) is 157 Å². The highest BCUT2D eigenvalue weighted by Gasteiger charge is 2.67. The Morgan fingerprint density at radius 3 is 1.22 bits per heavy atom. The summed E-state index contributed by atoms with van der Waals surface area (Å²) in [5.74, 6) is 0.0761. The Morgan fingerprint density at radius 1 is 0.536 bits per heavy atom. The molecule has 12 heterocycles. The number of aromatic nitrogens is 12. The van der Waals surface area contributed by atoms with Gasteiger partial charge < -0.3 is 68.8 Å². The van der Waals surface area contributed by atoms with Gasteiger partial charge >= 0.3 is 0 Å². The Kier molecular flexibility index (Phi) is 19.2. The summed E-state index contributed by atoms with van der Waals surface area (Å²) in [5.41, 5.74) is 2.36. The van der Waals surface area contributed by atoms with E-state index in [9.17, 15) is 24.6 Å². The van der Waals surface area contributed by atoms with Crippen LogP contribution in [0.3, 0.4) is 0 Å². The van der Waals surface area contributed by atoms with Crippen LogP contribution in [0.4, 0.5) is 17.5 Å². The molecule has 1 unspecified atom stereocenters. The molecule has 6 fully saturated rings. The zero-order valence-electron chi connectivity index (χ0n) is 54.0. The molecule has 6 saturated heterocycles. The van der Waals surface area contributed by atoms with Crippen molar-refractivity contribution in [2.24, 2.45) is 0 Å². The first kappa shape index (κ1) is 66.7. The summed E-state index contributed by atoms with van der Waals surface area (Å²) in [6.07, 6.45) is 7.59. The van der Waals surface area contributed by atoms with Gasteiger partial charge in [-0.25, -0.2) is 51.4 Å². The molecule has 3 amide bonds. The largest absolute Gasteiger partial charge is 0.388 e. The molecule has 0 saturated carbocycles. The number of carbonyl (C=O) groups excluding carboxylic acids is 3. The van der Waals surface area contributed by atoms with Crippen LogP contribution in [0.25, 0.3) is 38.3 Å². The number of amides is 3. The molecule has 32 nitrogen and oxygen atoms in total. The fourth-order valence-corrected chi connectivity index (χ4v) is 14.6. The molecule has 6 aliphatic heterocycles. The van der Waals surface area contributed by atoms with Gasteiger partial charge in [-0.1, -0.05) is 75.4 Å². The number of benzene rings is 3. The van der Waals surface area contributed by atoms with Crippen molar-refractivity contribution in [2.75, 3.05) is 76.7 Å². The molecule has 0 aliphatic carbocycles. The van der Waals surface area contributed by atoms with E-state index in [1.807, 2.05) is 48.3 Å². The highest BCUT2D eigenvalue weighted by molar-refractivity contribution is 7.46. The maximum Gasteiger partial charge on any atom is 0.256 e. The van der Waals surface area contributed by atoms with E-state index >= 15 is 0 Å². The molecule has 506 valence electrons. The van der Waals surface area contributed by atoms with Gasteiger partial charge in [-0.3, -0.25) is 28.1 Å². The second-order valence-electron chi connectivity index (χ2n) is 23.7. The van der Waals surface area contributed by atoms with Gasteiger partial charge in [0.1, 0.15) is 78.8 Å². The van der Waals surface area contributed by atoms with Crippen LogP contribution in [0.1, 0.15) is 89.8 Å². The van der Waals surface area contributed by atoms with Crippen LogP contribution in [0.5, 0.6) is 0 Å². The molecule has 13 atom stereocenters. The molecule has 0 radical (unpaired) electrons. The molecule has 6 aliphatic rings. The number of fused-ring (bicyclic) bond motifs is 9. The Morgan fingerprint density at radius 2 is 0.876 bits per heavy atom. The molecule has 15 rings (SSSR count). The molecular formula is C64H72N19O13P. The number of hydroxylamine groups is 6. The van der Waals surface area contributed by atoms with Crippen molar-refractivity contribution in [3.8, 4) is 0 Å². The van der Waals surface area contributed by atoms with Crippen molar-refractivity contribution >= 4 is 77.0 Å². The Balaban J connectivity index is 0.000000132. The van der Waals surface area contributed by atoms with E-state index in [0.717, 1.165) is 0 Å². The Labute approximate surface area is 556 Å². The van der Waals surface area contributed by atoms with Crippen LogP contribution in [0.2, 0.25) is 0 Å². The third-order valence-corrected chi connectivity index (χ3v) is 19.8. The van der Waals surface area contributed by atoms with Crippen molar-refractivity contribution < 1.29 is 62.4 Å². The van der Waals surface area contributed by atoms with Gasteiger partial charge in [-0.05, 0) is 55.7 Å². The maximum absolute atomic E-state index is 12.7. The van der Waals surface area contributed by atoms with E-state index in [1.54, 1.807) is 132 Å². The van der Waals surface area contributed by atoms with Crippen LogP contribution in [0.15, 0.2) is 129 Å². The smallest absolute Gasteiger partial charge is 0.256 e. The van der Waals surface area contributed by atoms with E-state index in [2.05, 4.69) is 72.6 Å². The van der Waals surface area contributed by atoms with Crippen molar-refractivity contribution in [2.45, 2.75) is 112 Å². The number of ether oxygens (including phenoxy) is 3. The SMILES string of the molecule is CC[C@]12CN(OC)[C@H]([C@H](n3cnc4c(NC(=O)c5ccccc5)ncnc43)O1)[C@H]2O.CC[C@]12CN(OC)[C@H]([C@H](n3cnc4c(NC(=O)c5ccccc5)ncnc43)O1)[C@H]2O.[C-]#[N+]CCOP(C)O[C@@H]1[C@H]2[C@H](n3cnc4c(NC(=O)c5ccccc5)ncnc43)O[C@]1(CC)CN2OC. The number of anilines is 3. The molecule has 5 N–H and O–H groups in total. The van der Waals surface area contributed by atoms with Crippen molar-refractivity contribution in [3.63, 3.8) is 0 Å². The van der Waals surface area contributed by atoms with Gasteiger partial charge in [0.05, 0.1) is 59.9 Å². The minimum atomic E-state index is -1.23. The second-order valence-corrected chi connectivity index (χ2v) is 25.0. The molecule has 3 aromatic carbocycles. The molecule has 6 aromatic heterocycles. The third-order valence-electron chi connectivity index (χ3n) is 18.7. The van der Waals surface area contributed by atoms with Gasteiger partial charge in [0, 0.05) is 23.4 Å². The summed E-state index contributed by atoms with van der Waals surface area (Å²) in [6.45, 7) is 17.0. The molecule has 97 heavy (non-hydrogen) atoms. The Bertz CT molecular complexity index is 4170. The second kappa shape index (κ2) is 27.9. The van der Waals surface area contributed by atoms with E-state index in [-0.39, 0.29) is 36.4 Å². The molecule has 6 bridgehead atoms. The van der Waals surface area contributed by atoms with Gasteiger partial charge in [0.2, 0.25) is 6.54 Å². The zero-order chi connectivity index (χ0) is 67.8. The number of rotatable bonds is 20. The first-order valence-corrected chi connectivity index (χ1v) is 33.1. The van der Waals surface area contributed by atoms with Gasteiger partial charge in [-0.15, -0.1) is 0 Å². The quantitative estimate of drug-likeness (QED) is 0.0332. The molecular weight excluding hydrogens is 1270 g/mol. The maximum atomic E-state index is 12.7. The standard InChI is InChI=1S/C24H28N7O5P.2C20H22N6O4/c1-5-24-13-31(33-3)18(19(24)36-37(4)34-12-11-25-2)23(35-24)30-15-28-17-20(26-14-27-21(17)30)29-22(32)16-9-7-6-8-10-16;2*1-3-20-9-26(29-2)14(15(20)27)19(30-20)25-11-23-13-16(21-10-22-17(13)25)24-18(28)12-7-5-4-6-8-12/h6-10,14-15,18-19,23H,5,11-13H2,1,3-4H3,(H,26,27,29,32);2*4-8,10-11,14-15,19,27H,3,9H2,1-2H3,(H,21,22,24,28)/t18-,19+,23+,24+,37?;2*14-,15+,19+,20+/m000/s1. The summed E-state index contributed by atoms with van der Waals surface area (Å²) < 4.78 is 36.7. The number of nitrogens with one attached hydrogen (secondary N) is 3. The highest BCUT2D eigenvalue weighted by atomic mass is 31.2. The first-order chi connectivity index (χ1) is 47.2. The number of imidazole rings is 3. The molecule has 0 spiro atoms. The van der Waals surface area contributed by atoms with Crippen LogP contribution in [-0.2, 0) is 37.8 Å². The number of carbonyl (C=O) groups is 3. The number of hydrogen-bond donors (Lipinski definition) is 5. The van der Waals surface area contributed by atoms with Crippen LogP contribution in [-0.4, -0.2) is 216 Å². The lowest BCUT2D eigenvalue weighted by Crippen LogP contribution is -2.45. The average Bonchev–Trinajstić information content (AvgIpc) is 1.57. The number of aliphatic hydroxyl groups excluding tert-OH is 2. The number of morpholine rings is 3. The number of nitrogens with zero attached hydrogens (tertiary/aromatic N) is 16. The van der Waals surface area contributed by atoms with E-state index in [1.165, 1.54) is 19.0 Å². The fraction of sp³-hybridized carbons (Fsp3) is 0.422. The summed E-state index contributed by atoms with van der Waals surface area (Å²) >= 11 is 0. The first-order valence-electron chi connectivity index (χ1n) is 31.5. The zero-order valence-corrected chi connectivity index (χ0v) is 54.9. The summed E-state index contributed by atoms with van der Waals surface area (Å²) in [5, 5.41) is 35.5. The predicted molar refractivity (Wildman–Crippen MR) is 348 cm³/mol. The number of hydrogen-bond acceptors (Lipinski definition) is 25. The van der Waals surface area contributed by atoms with Crippen LogP contribution >= 0.6 is 8.38 Å².